The number of hydrogen-bond acceptors (Lipinski definition) is 4. The third-order valence-corrected chi connectivity index (χ3v) is 3.80. The molecule has 0 bridgehead atoms. The molecular weight excluding hydrogens is 273 g/mol. The Morgan fingerprint density at radius 2 is 2.24 bits per heavy atom. The van der Waals surface area contributed by atoms with Crippen molar-refractivity contribution in [2.75, 3.05) is 32.9 Å². The number of ether oxygens (including phenoxy) is 2. The summed E-state index contributed by atoms with van der Waals surface area (Å²) in [6, 6.07) is 6.92. The number of β-amino-alcohol motifs (C(OH)–C–C–N with tert-alkyl or cyclic N) is 1. The summed E-state index contributed by atoms with van der Waals surface area (Å²) in [6.07, 6.45) is 0.403. The molecule has 2 atom stereocenters. The van der Waals surface area contributed by atoms with Gasteiger partial charge in [-0.25, -0.2) is 4.39 Å². The fourth-order valence-electron chi connectivity index (χ4n) is 2.46. The molecule has 0 aliphatic carbocycles. The summed E-state index contributed by atoms with van der Waals surface area (Å²) in [5.41, 5.74) is 0.515. The standard InChI is InChI=1S/C16H24FNO3/c1-13-6-8-20-9-7-18(13)10-15(19)12-21-11-14-4-2-3-5-16(14)17/h2-5,13,15,19H,6-12H2,1H3. The summed E-state index contributed by atoms with van der Waals surface area (Å²) in [4.78, 5) is 2.21. The van der Waals surface area contributed by atoms with E-state index in [0.717, 1.165) is 19.6 Å². The van der Waals surface area contributed by atoms with Gasteiger partial charge in [0, 0.05) is 31.3 Å². The Labute approximate surface area is 125 Å². The van der Waals surface area contributed by atoms with Gasteiger partial charge in [-0.2, -0.15) is 0 Å². The summed E-state index contributed by atoms with van der Waals surface area (Å²) in [5, 5.41) is 10.1. The number of nitrogens with zero attached hydrogens (tertiary/aromatic N) is 1. The highest BCUT2D eigenvalue weighted by molar-refractivity contribution is 5.16. The first kappa shape index (κ1) is 16.4. The van der Waals surface area contributed by atoms with E-state index < -0.39 is 6.10 Å². The average molecular weight is 297 g/mol. The monoisotopic (exact) mass is 297 g/mol. The van der Waals surface area contributed by atoms with Gasteiger partial charge in [0.1, 0.15) is 5.82 Å². The van der Waals surface area contributed by atoms with Crippen molar-refractivity contribution in [1.29, 1.82) is 0 Å². The highest BCUT2D eigenvalue weighted by Crippen LogP contribution is 2.10. The Bertz CT molecular complexity index is 430. The van der Waals surface area contributed by atoms with Crippen molar-refractivity contribution in [3.63, 3.8) is 0 Å². The minimum atomic E-state index is -0.572. The van der Waals surface area contributed by atoms with Crippen LogP contribution in [0.2, 0.25) is 0 Å². The van der Waals surface area contributed by atoms with E-state index in [1.54, 1.807) is 18.2 Å². The lowest BCUT2D eigenvalue weighted by molar-refractivity contribution is 0.00309. The van der Waals surface area contributed by atoms with Crippen molar-refractivity contribution >= 4 is 0 Å². The molecule has 1 aromatic carbocycles. The second kappa shape index (κ2) is 8.44. The van der Waals surface area contributed by atoms with Crippen LogP contribution in [0, 0.1) is 5.82 Å². The molecule has 1 N–H and O–H groups in total. The second-order valence-corrected chi connectivity index (χ2v) is 5.51. The van der Waals surface area contributed by atoms with Crippen molar-refractivity contribution < 1.29 is 19.0 Å². The van der Waals surface area contributed by atoms with Gasteiger partial charge in [-0.05, 0) is 19.4 Å². The number of aliphatic hydroxyl groups excluding tert-OH is 1. The van der Waals surface area contributed by atoms with E-state index in [4.69, 9.17) is 9.47 Å². The number of rotatable bonds is 6. The van der Waals surface area contributed by atoms with Gasteiger partial charge in [0.25, 0.3) is 0 Å². The molecule has 0 aromatic heterocycles. The van der Waals surface area contributed by atoms with Crippen molar-refractivity contribution in [2.24, 2.45) is 0 Å². The largest absolute Gasteiger partial charge is 0.389 e. The highest BCUT2D eigenvalue weighted by Gasteiger charge is 2.20. The normalized spacial score (nSPS) is 22.0. The molecule has 21 heavy (non-hydrogen) atoms. The van der Waals surface area contributed by atoms with Crippen molar-refractivity contribution in [3.8, 4) is 0 Å². The molecular formula is C16H24FNO3. The van der Waals surface area contributed by atoms with E-state index in [0.29, 0.717) is 24.8 Å². The molecule has 1 aromatic rings. The second-order valence-electron chi connectivity index (χ2n) is 5.51. The van der Waals surface area contributed by atoms with E-state index in [1.807, 2.05) is 0 Å². The maximum absolute atomic E-state index is 13.4. The zero-order chi connectivity index (χ0) is 15.1. The van der Waals surface area contributed by atoms with Crippen LogP contribution in [0.4, 0.5) is 4.39 Å². The molecule has 2 unspecified atom stereocenters. The fourth-order valence-corrected chi connectivity index (χ4v) is 2.46. The first-order valence-electron chi connectivity index (χ1n) is 7.48. The molecule has 4 nitrogen and oxygen atoms in total. The molecule has 1 heterocycles. The third-order valence-electron chi connectivity index (χ3n) is 3.80. The predicted molar refractivity (Wildman–Crippen MR) is 78.5 cm³/mol. The van der Waals surface area contributed by atoms with Gasteiger partial charge in [-0.3, -0.25) is 4.90 Å². The summed E-state index contributed by atoms with van der Waals surface area (Å²) in [6.45, 7) is 5.39. The SMILES string of the molecule is CC1CCOCCN1CC(O)COCc1ccccc1F. The zero-order valence-corrected chi connectivity index (χ0v) is 12.5. The van der Waals surface area contributed by atoms with Gasteiger partial charge in [0.05, 0.1) is 25.9 Å². The quantitative estimate of drug-likeness (QED) is 0.869. The minimum absolute atomic E-state index is 0.183. The van der Waals surface area contributed by atoms with Gasteiger partial charge >= 0.3 is 0 Å². The maximum atomic E-state index is 13.4. The van der Waals surface area contributed by atoms with Crippen molar-refractivity contribution in [1.82, 2.24) is 4.90 Å². The third kappa shape index (κ3) is 5.36. The van der Waals surface area contributed by atoms with Crippen LogP contribution in [-0.2, 0) is 16.1 Å². The van der Waals surface area contributed by atoms with Crippen LogP contribution in [0.5, 0.6) is 0 Å². The molecule has 5 heteroatoms. The molecule has 0 radical (unpaired) electrons. The zero-order valence-electron chi connectivity index (χ0n) is 12.5. The number of halogens is 1. The molecule has 1 saturated heterocycles. The first-order valence-corrected chi connectivity index (χ1v) is 7.48. The molecule has 2 rings (SSSR count). The van der Waals surface area contributed by atoms with Crippen molar-refractivity contribution in [2.45, 2.75) is 32.1 Å². The lowest BCUT2D eigenvalue weighted by Crippen LogP contribution is -2.41. The van der Waals surface area contributed by atoms with Crippen LogP contribution in [0.25, 0.3) is 0 Å². The van der Waals surface area contributed by atoms with Gasteiger partial charge in [-0.1, -0.05) is 18.2 Å². The van der Waals surface area contributed by atoms with E-state index >= 15 is 0 Å². The molecule has 1 aliphatic rings. The molecule has 118 valence electrons. The average Bonchev–Trinajstić information content (AvgIpc) is 2.66. The van der Waals surface area contributed by atoms with Crippen LogP contribution in [-0.4, -0.2) is 55.1 Å². The Balaban J connectivity index is 1.72. The molecule has 1 aliphatic heterocycles. The fraction of sp³-hybridized carbons (Fsp3) is 0.625. The van der Waals surface area contributed by atoms with Crippen molar-refractivity contribution in [3.05, 3.63) is 35.6 Å². The summed E-state index contributed by atoms with van der Waals surface area (Å²) in [5.74, 6) is -0.273. The lowest BCUT2D eigenvalue weighted by Gasteiger charge is -2.28. The molecule has 0 spiro atoms. The Kier molecular flexibility index (Phi) is 6.57. The van der Waals surface area contributed by atoms with E-state index in [1.165, 1.54) is 6.07 Å². The lowest BCUT2D eigenvalue weighted by atomic mass is 10.2. The van der Waals surface area contributed by atoms with E-state index in [2.05, 4.69) is 11.8 Å². The van der Waals surface area contributed by atoms with Crippen LogP contribution in [0.3, 0.4) is 0 Å². The van der Waals surface area contributed by atoms with Crippen LogP contribution in [0.15, 0.2) is 24.3 Å². The molecule has 0 amide bonds. The van der Waals surface area contributed by atoms with Crippen LogP contribution < -0.4 is 0 Å². The predicted octanol–water partition coefficient (Wildman–Crippen LogP) is 1.81. The number of benzene rings is 1. The van der Waals surface area contributed by atoms with E-state index in [9.17, 15) is 9.50 Å². The molecule has 1 fully saturated rings. The minimum Gasteiger partial charge on any atom is -0.389 e. The van der Waals surface area contributed by atoms with Gasteiger partial charge in [0.2, 0.25) is 0 Å². The Morgan fingerprint density at radius 3 is 3.05 bits per heavy atom. The van der Waals surface area contributed by atoms with E-state index in [-0.39, 0.29) is 19.0 Å². The topological polar surface area (TPSA) is 41.9 Å². The van der Waals surface area contributed by atoms with Crippen LogP contribution >= 0.6 is 0 Å². The summed E-state index contributed by atoms with van der Waals surface area (Å²) >= 11 is 0. The van der Waals surface area contributed by atoms with Gasteiger partial charge in [0.15, 0.2) is 0 Å². The maximum Gasteiger partial charge on any atom is 0.128 e. The Morgan fingerprint density at radius 1 is 1.43 bits per heavy atom. The summed E-state index contributed by atoms with van der Waals surface area (Å²) in [7, 11) is 0. The van der Waals surface area contributed by atoms with Gasteiger partial charge in [-0.15, -0.1) is 0 Å². The molecule has 0 saturated carbocycles. The number of hydrogen-bond donors (Lipinski definition) is 1. The smallest absolute Gasteiger partial charge is 0.128 e. The Hall–Kier alpha value is -1.01. The summed E-state index contributed by atoms with van der Waals surface area (Å²) < 4.78 is 24.3. The van der Waals surface area contributed by atoms with Gasteiger partial charge < -0.3 is 14.6 Å². The number of aliphatic hydroxyl groups is 1. The van der Waals surface area contributed by atoms with Crippen LogP contribution in [0.1, 0.15) is 18.9 Å². The highest BCUT2D eigenvalue weighted by atomic mass is 19.1. The first-order chi connectivity index (χ1) is 10.2.